The third-order valence-electron chi connectivity index (χ3n) is 3.37. The summed E-state index contributed by atoms with van der Waals surface area (Å²) in [5, 5.41) is 10.8. The zero-order valence-corrected chi connectivity index (χ0v) is 12.3. The number of rotatable bonds is 5. The lowest BCUT2D eigenvalue weighted by Gasteiger charge is -2.24. The van der Waals surface area contributed by atoms with Crippen LogP contribution in [-0.2, 0) is 0 Å². The molecule has 0 aliphatic rings. The van der Waals surface area contributed by atoms with Crippen LogP contribution in [0.25, 0.3) is 0 Å². The fraction of sp³-hybridized carbons (Fsp3) is 0.571. The van der Waals surface area contributed by atoms with Crippen molar-refractivity contribution in [2.45, 2.75) is 26.9 Å². The van der Waals surface area contributed by atoms with Gasteiger partial charge in [-0.15, -0.1) is 0 Å². The number of benzene rings is 1. The van der Waals surface area contributed by atoms with E-state index in [2.05, 4.69) is 13.8 Å². The number of halogens is 1. The minimum absolute atomic E-state index is 0.112. The van der Waals surface area contributed by atoms with E-state index in [0.717, 1.165) is 0 Å². The highest BCUT2D eigenvalue weighted by atomic mass is 35.5. The summed E-state index contributed by atoms with van der Waals surface area (Å²) in [4.78, 5) is 0. The SMILES string of the molecule is COc1cc(Cl)c(C(O)C(C)C(C)C)cc1OC. The second-order valence-corrected chi connectivity index (χ2v) is 5.18. The second-order valence-electron chi connectivity index (χ2n) is 4.78. The van der Waals surface area contributed by atoms with Gasteiger partial charge < -0.3 is 14.6 Å². The van der Waals surface area contributed by atoms with Crippen molar-refractivity contribution in [2.75, 3.05) is 14.2 Å². The first-order valence-electron chi connectivity index (χ1n) is 6.01. The van der Waals surface area contributed by atoms with Gasteiger partial charge in [0.25, 0.3) is 0 Å². The molecule has 0 bridgehead atoms. The molecule has 0 fully saturated rings. The van der Waals surface area contributed by atoms with E-state index >= 15 is 0 Å². The Labute approximate surface area is 114 Å². The van der Waals surface area contributed by atoms with E-state index in [4.69, 9.17) is 21.1 Å². The molecule has 0 aliphatic heterocycles. The molecule has 0 saturated carbocycles. The molecule has 0 aliphatic carbocycles. The van der Waals surface area contributed by atoms with E-state index in [9.17, 15) is 5.11 Å². The molecule has 3 nitrogen and oxygen atoms in total. The molecule has 0 radical (unpaired) electrons. The molecule has 1 rings (SSSR count). The van der Waals surface area contributed by atoms with Crippen molar-refractivity contribution in [2.24, 2.45) is 11.8 Å². The quantitative estimate of drug-likeness (QED) is 0.889. The molecule has 18 heavy (non-hydrogen) atoms. The number of aliphatic hydroxyl groups is 1. The lowest BCUT2D eigenvalue weighted by molar-refractivity contribution is 0.0919. The Morgan fingerprint density at radius 3 is 2.00 bits per heavy atom. The van der Waals surface area contributed by atoms with Crippen molar-refractivity contribution in [1.82, 2.24) is 0 Å². The predicted molar refractivity (Wildman–Crippen MR) is 73.5 cm³/mol. The first-order valence-corrected chi connectivity index (χ1v) is 6.39. The van der Waals surface area contributed by atoms with Crippen molar-refractivity contribution in [1.29, 1.82) is 0 Å². The van der Waals surface area contributed by atoms with Crippen LogP contribution in [0.3, 0.4) is 0 Å². The van der Waals surface area contributed by atoms with Crippen LogP contribution in [0.1, 0.15) is 32.4 Å². The van der Waals surface area contributed by atoms with E-state index < -0.39 is 6.10 Å². The molecule has 0 amide bonds. The van der Waals surface area contributed by atoms with Gasteiger partial charge in [-0.2, -0.15) is 0 Å². The molecule has 2 unspecified atom stereocenters. The maximum absolute atomic E-state index is 10.3. The molecule has 0 spiro atoms. The van der Waals surface area contributed by atoms with Crippen LogP contribution in [0.5, 0.6) is 11.5 Å². The average Bonchev–Trinajstić information content (AvgIpc) is 2.36. The molecule has 4 heteroatoms. The van der Waals surface area contributed by atoms with E-state index in [1.165, 1.54) is 0 Å². The van der Waals surface area contributed by atoms with Gasteiger partial charge in [0.05, 0.1) is 25.3 Å². The third-order valence-corrected chi connectivity index (χ3v) is 3.70. The summed E-state index contributed by atoms with van der Waals surface area (Å²) in [6.45, 7) is 6.15. The molecule has 0 aromatic heterocycles. The molecular weight excluding hydrogens is 252 g/mol. The molecule has 1 aromatic carbocycles. The summed E-state index contributed by atoms with van der Waals surface area (Å²) in [7, 11) is 3.12. The van der Waals surface area contributed by atoms with Crippen LogP contribution in [0.4, 0.5) is 0 Å². The van der Waals surface area contributed by atoms with Crippen LogP contribution >= 0.6 is 11.6 Å². The monoisotopic (exact) mass is 272 g/mol. The Morgan fingerprint density at radius 1 is 1.06 bits per heavy atom. The van der Waals surface area contributed by atoms with E-state index in [-0.39, 0.29) is 5.92 Å². The predicted octanol–water partition coefficient (Wildman–Crippen LogP) is 3.68. The Bertz CT molecular complexity index is 404. The van der Waals surface area contributed by atoms with Gasteiger partial charge in [0, 0.05) is 11.6 Å². The van der Waals surface area contributed by atoms with Crippen molar-refractivity contribution in [3.8, 4) is 11.5 Å². The highest BCUT2D eigenvalue weighted by Crippen LogP contribution is 2.39. The van der Waals surface area contributed by atoms with Crippen LogP contribution in [-0.4, -0.2) is 19.3 Å². The zero-order chi connectivity index (χ0) is 13.9. The van der Waals surface area contributed by atoms with Crippen molar-refractivity contribution >= 4 is 11.6 Å². The molecule has 0 heterocycles. The average molecular weight is 273 g/mol. The zero-order valence-electron chi connectivity index (χ0n) is 11.5. The number of hydrogen-bond donors (Lipinski definition) is 1. The van der Waals surface area contributed by atoms with Gasteiger partial charge in [0.1, 0.15) is 0 Å². The maximum Gasteiger partial charge on any atom is 0.162 e. The maximum atomic E-state index is 10.3. The molecule has 102 valence electrons. The number of ether oxygens (including phenoxy) is 2. The minimum atomic E-state index is -0.614. The fourth-order valence-electron chi connectivity index (χ4n) is 1.74. The summed E-state index contributed by atoms with van der Waals surface area (Å²) >= 11 is 6.19. The minimum Gasteiger partial charge on any atom is -0.493 e. The van der Waals surface area contributed by atoms with Crippen molar-refractivity contribution in [3.05, 3.63) is 22.7 Å². The summed E-state index contributed by atoms with van der Waals surface area (Å²) in [5.74, 6) is 1.62. The Kier molecular flexibility index (Phi) is 5.29. The van der Waals surface area contributed by atoms with Gasteiger partial charge in [-0.1, -0.05) is 32.4 Å². The van der Waals surface area contributed by atoms with Crippen LogP contribution in [0.2, 0.25) is 5.02 Å². The van der Waals surface area contributed by atoms with Crippen LogP contribution in [0.15, 0.2) is 12.1 Å². The summed E-state index contributed by atoms with van der Waals surface area (Å²) < 4.78 is 10.4. The van der Waals surface area contributed by atoms with E-state index in [1.54, 1.807) is 26.4 Å². The standard InChI is InChI=1S/C14H21ClO3/c1-8(2)9(3)14(16)10-6-12(17-4)13(18-5)7-11(10)15/h6-9,14,16H,1-5H3. The topological polar surface area (TPSA) is 38.7 Å². The van der Waals surface area contributed by atoms with Gasteiger partial charge in [-0.25, -0.2) is 0 Å². The largest absolute Gasteiger partial charge is 0.493 e. The van der Waals surface area contributed by atoms with Gasteiger partial charge in [0.2, 0.25) is 0 Å². The smallest absolute Gasteiger partial charge is 0.162 e. The number of methoxy groups -OCH3 is 2. The second kappa shape index (κ2) is 6.30. The number of hydrogen-bond acceptors (Lipinski definition) is 3. The summed E-state index contributed by atoms with van der Waals surface area (Å²) in [6.07, 6.45) is -0.614. The number of aliphatic hydroxyl groups excluding tert-OH is 1. The van der Waals surface area contributed by atoms with Crippen LogP contribution in [0, 0.1) is 11.8 Å². The lowest BCUT2D eigenvalue weighted by atomic mass is 9.88. The summed E-state index contributed by atoms with van der Waals surface area (Å²) in [5.41, 5.74) is 0.676. The van der Waals surface area contributed by atoms with Crippen molar-refractivity contribution < 1.29 is 14.6 Å². The van der Waals surface area contributed by atoms with Crippen LogP contribution < -0.4 is 9.47 Å². The Hall–Kier alpha value is -0.930. The molecule has 1 aromatic rings. The highest BCUT2D eigenvalue weighted by molar-refractivity contribution is 6.31. The first kappa shape index (κ1) is 15.1. The normalized spacial score (nSPS) is 14.4. The lowest BCUT2D eigenvalue weighted by Crippen LogP contribution is -2.15. The van der Waals surface area contributed by atoms with E-state index in [1.807, 2.05) is 6.92 Å². The van der Waals surface area contributed by atoms with Gasteiger partial charge in [0.15, 0.2) is 11.5 Å². The van der Waals surface area contributed by atoms with Gasteiger partial charge >= 0.3 is 0 Å². The Morgan fingerprint density at radius 2 is 1.56 bits per heavy atom. The third kappa shape index (κ3) is 3.09. The highest BCUT2D eigenvalue weighted by Gasteiger charge is 2.23. The van der Waals surface area contributed by atoms with Crippen molar-refractivity contribution in [3.63, 3.8) is 0 Å². The fourth-order valence-corrected chi connectivity index (χ4v) is 2.01. The van der Waals surface area contributed by atoms with Gasteiger partial charge in [-0.3, -0.25) is 0 Å². The molecular formula is C14H21ClO3. The summed E-state index contributed by atoms with van der Waals surface area (Å²) in [6, 6.07) is 3.41. The first-order chi connectivity index (χ1) is 8.42. The Balaban J connectivity index is 3.16. The molecule has 1 N–H and O–H groups in total. The molecule has 2 atom stereocenters. The van der Waals surface area contributed by atoms with E-state index in [0.29, 0.717) is 28.0 Å². The molecule has 0 saturated heterocycles. The van der Waals surface area contributed by atoms with Gasteiger partial charge in [-0.05, 0) is 17.9 Å².